The highest BCUT2D eigenvalue weighted by atomic mass is 15.1. The Kier molecular flexibility index (Phi) is 1.07. The number of rotatable bonds is 0. The second-order valence-corrected chi connectivity index (χ2v) is 5.35. The van der Waals surface area contributed by atoms with E-state index >= 15 is 0 Å². The Labute approximate surface area is 78.7 Å². The zero-order valence-corrected chi connectivity index (χ0v) is 8.52. The SMILES string of the molecule is CC1(C)[C@@H]2CC[C@]1(C)c1[nH]ncc12. The third kappa shape index (κ3) is 0.588. The zero-order valence-electron chi connectivity index (χ0n) is 8.52. The van der Waals surface area contributed by atoms with Crippen molar-refractivity contribution >= 4 is 0 Å². The molecule has 0 unspecified atom stereocenters. The topological polar surface area (TPSA) is 28.7 Å². The van der Waals surface area contributed by atoms with Gasteiger partial charge in [-0.1, -0.05) is 20.8 Å². The van der Waals surface area contributed by atoms with E-state index in [-0.39, 0.29) is 0 Å². The quantitative estimate of drug-likeness (QED) is 0.646. The van der Waals surface area contributed by atoms with Crippen LogP contribution in [0, 0.1) is 5.41 Å². The highest BCUT2D eigenvalue weighted by molar-refractivity contribution is 5.43. The number of hydrogen-bond acceptors (Lipinski definition) is 1. The summed E-state index contributed by atoms with van der Waals surface area (Å²) in [5, 5.41) is 7.37. The van der Waals surface area contributed by atoms with E-state index in [1.807, 2.05) is 6.20 Å². The minimum Gasteiger partial charge on any atom is -0.282 e. The molecule has 70 valence electrons. The van der Waals surface area contributed by atoms with Crippen LogP contribution in [0.15, 0.2) is 6.20 Å². The summed E-state index contributed by atoms with van der Waals surface area (Å²) in [4.78, 5) is 0. The first-order valence-corrected chi connectivity index (χ1v) is 5.11. The van der Waals surface area contributed by atoms with E-state index in [9.17, 15) is 0 Å². The maximum atomic E-state index is 4.17. The van der Waals surface area contributed by atoms with Crippen molar-refractivity contribution in [2.45, 2.75) is 44.9 Å². The number of fused-ring (bicyclic) bond motifs is 5. The molecule has 2 nitrogen and oxygen atoms in total. The van der Waals surface area contributed by atoms with Gasteiger partial charge in [-0.2, -0.15) is 5.10 Å². The molecule has 0 radical (unpaired) electrons. The fraction of sp³-hybridized carbons (Fsp3) is 0.727. The van der Waals surface area contributed by atoms with E-state index in [4.69, 9.17) is 0 Å². The first-order valence-electron chi connectivity index (χ1n) is 5.11. The lowest BCUT2D eigenvalue weighted by Gasteiger charge is -2.34. The third-order valence-corrected chi connectivity index (χ3v) is 4.82. The Morgan fingerprint density at radius 2 is 2.23 bits per heavy atom. The lowest BCUT2D eigenvalue weighted by Crippen LogP contribution is -2.31. The largest absolute Gasteiger partial charge is 0.282 e. The van der Waals surface area contributed by atoms with Gasteiger partial charge >= 0.3 is 0 Å². The first kappa shape index (κ1) is 7.60. The average Bonchev–Trinajstić information content (AvgIpc) is 2.63. The second kappa shape index (κ2) is 1.84. The fourth-order valence-electron chi connectivity index (χ4n) is 3.49. The molecule has 13 heavy (non-hydrogen) atoms. The van der Waals surface area contributed by atoms with Crippen LogP contribution >= 0.6 is 0 Å². The third-order valence-electron chi connectivity index (χ3n) is 4.82. The van der Waals surface area contributed by atoms with Crippen molar-refractivity contribution in [1.29, 1.82) is 0 Å². The standard InChI is InChI=1S/C11H16N2/c1-10(2)8-4-5-11(10,3)9-7(8)6-12-13-9/h6,8H,4-5H2,1-3H3,(H,12,13)/t8-,11-/m1/s1. The zero-order chi connectivity index (χ0) is 9.27. The van der Waals surface area contributed by atoms with Gasteiger partial charge in [0.1, 0.15) is 0 Å². The summed E-state index contributed by atoms with van der Waals surface area (Å²) in [6, 6.07) is 0. The van der Waals surface area contributed by atoms with Crippen molar-refractivity contribution in [2.75, 3.05) is 0 Å². The van der Waals surface area contributed by atoms with Crippen LogP contribution in [0.25, 0.3) is 0 Å². The molecule has 1 N–H and O–H groups in total. The smallest absolute Gasteiger partial charge is 0.0525 e. The molecule has 1 saturated carbocycles. The van der Waals surface area contributed by atoms with Gasteiger partial charge < -0.3 is 0 Å². The normalized spacial score (nSPS) is 39.5. The molecule has 2 bridgehead atoms. The van der Waals surface area contributed by atoms with E-state index in [2.05, 4.69) is 31.0 Å². The summed E-state index contributed by atoms with van der Waals surface area (Å²) in [5.74, 6) is 0.742. The number of nitrogens with one attached hydrogen (secondary N) is 1. The maximum Gasteiger partial charge on any atom is 0.0525 e. The summed E-state index contributed by atoms with van der Waals surface area (Å²) in [5.41, 5.74) is 3.67. The van der Waals surface area contributed by atoms with Gasteiger partial charge in [-0.05, 0) is 29.7 Å². The summed E-state index contributed by atoms with van der Waals surface area (Å²) >= 11 is 0. The van der Waals surface area contributed by atoms with Crippen molar-refractivity contribution in [1.82, 2.24) is 10.2 Å². The van der Waals surface area contributed by atoms with Crippen LogP contribution in [0.1, 0.15) is 50.8 Å². The molecule has 0 aliphatic heterocycles. The Morgan fingerprint density at radius 3 is 2.92 bits per heavy atom. The van der Waals surface area contributed by atoms with E-state index in [0.717, 1.165) is 5.92 Å². The van der Waals surface area contributed by atoms with Gasteiger partial charge in [0.25, 0.3) is 0 Å². The highest BCUT2D eigenvalue weighted by Gasteiger charge is 2.60. The van der Waals surface area contributed by atoms with Crippen LogP contribution in [0.2, 0.25) is 0 Å². The molecule has 2 heteroatoms. The molecule has 1 heterocycles. The Hall–Kier alpha value is -0.790. The molecule has 1 fully saturated rings. The molecule has 0 saturated heterocycles. The van der Waals surface area contributed by atoms with Crippen molar-refractivity contribution in [3.8, 4) is 0 Å². The molecule has 0 amide bonds. The monoisotopic (exact) mass is 176 g/mol. The lowest BCUT2D eigenvalue weighted by atomic mass is 9.70. The first-order chi connectivity index (χ1) is 6.07. The van der Waals surface area contributed by atoms with Gasteiger partial charge in [0, 0.05) is 11.1 Å². The van der Waals surface area contributed by atoms with Crippen LogP contribution in [-0.2, 0) is 5.41 Å². The van der Waals surface area contributed by atoms with Crippen LogP contribution in [0.5, 0.6) is 0 Å². The Bertz CT molecular complexity index is 364. The fourth-order valence-corrected chi connectivity index (χ4v) is 3.49. The molecule has 0 aromatic carbocycles. The molecule has 3 rings (SSSR count). The molecule has 0 spiro atoms. The van der Waals surface area contributed by atoms with E-state index in [0.29, 0.717) is 10.8 Å². The number of aromatic nitrogens is 2. The minimum absolute atomic E-state index is 0.351. The van der Waals surface area contributed by atoms with Gasteiger partial charge in [0.2, 0.25) is 0 Å². The lowest BCUT2D eigenvalue weighted by molar-refractivity contribution is 0.225. The summed E-state index contributed by atoms with van der Waals surface area (Å²) in [7, 11) is 0. The van der Waals surface area contributed by atoms with Crippen molar-refractivity contribution in [3.05, 3.63) is 17.5 Å². The van der Waals surface area contributed by atoms with E-state index < -0.39 is 0 Å². The van der Waals surface area contributed by atoms with E-state index in [1.165, 1.54) is 24.1 Å². The van der Waals surface area contributed by atoms with Crippen molar-refractivity contribution in [3.63, 3.8) is 0 Å². The van der Waals surface area contributed by atoms with Gasteiger partial charge in [-0.15, -0.1) is 0 Å². The molecule has 1 aromatic rings. The number of aromatic amines is 1. The van der Waals surface area contributed by atoms with Crippen LogP contribution in [0.4, 0.5) is 0 Å². The average molecular weight is 176 g/mol. The van der Waals surface area contributed by atoms with E-state index in [1.54, 1.807) is 0 Å². The maximum absolute atomic E-state index is 4.17. The molecule has 2 atom stereocenters. The second-order valence-electron chi connectivity index (χ2n) is 5.35. The molecule has 2 aliphatic rings. The van der Waals surface area contributed by atoms with Gasteiger partial charge in [0.15, 0.2) is 0 Å². The summed E-state index contributed by atoms with van der Waals surface area (Å²) in [6.45, 7) is 7.19. The molecule has 2 aliphatic carbocycles. The van der Waals surface area contributed by atoms with Gasteiger partial charge in [-0.3, -0.25) is 5.10 Å². The van der Waals surface area contributed by atoms with Crippen molar-refractivity contribution < 1.29 is 0 Å². The van der Waals surface area contributed by atoms with Crippen LogP contribution in [-0.4, -0.2) is 10.2 Å². The van der Waals surface area contributed by atoms with Crippen molar-refractivity contribution in [2.24, 2.45) is 5.41 Å². The molecular weight excluding hydrogens is 160 g/mol. The predicted molar refractivity (Wildman–Crippen MR) is 51.7 cm³/mol. The number of nitrogens with zero attached hydrogens (tertiary/aromatic N) is 1. The van der Waals surface area contributed by atoms with Crippen LogP contribution in [0.3, 0.4) is 0 Å². The molecular formula is C11H16N2. The number of H-pyrrole nitrogens is 1. The van der Waals surface area contributed by atoms with Gasteiger partial charge in [-0.25, -0.2) is 0 Å². The van der Waals surface area contributed by atoms with Gasteiger partial charge in [0.05, 0.1) is 6.20 Å². The highest BCUT2D eigenvalue weighted by Crippen LogP contribution is 2.66. The number of hydrogen-bond donors (Lipinski definition) is 1. The Morgan fingerprint density at radius 1 is 1.46 bits per heavy atom. The predicted octanol–water partition coefficient (Wildman–Crippen LogP) is 2.58. The Balaban J connectivity index is 2.30. The molecule has 1 aromatic heterocycles. The summed E-state index contributed by atoms with van der Waals surface area (Å²) < 4.78 is 0. The summed E-state index contributed by atoms with van der Waals surface area (Å²) in [6.07, 6.45) is 4.70. The minimum atomic E-state index is 0.351. The van der Waals surface area contributed by atoms with Crippen LogP contribution < -0.4 is 0 Å².